The highest BCUT2D eigenvalue weighted by molar-refractivity contribution is 6.31. The van der Waals surface area contributed by atoms with Crippen molar-refractivity contribution in [3.05, 3.63) is 34.3 Å². The van der Waals surface area contributed by atoms with Crippen LogP contribution in [0.2, 0.25) is 5.02 Å². The predicted molar refractivity (Wildman–Crippen MR) is 52.2 cm³/mol. The van der Waals surface area contributed by atoms with Crippen LogP contribution in [0.4, 0.5) is 13.2 Å². The number of nitrogens with one attached hydrogen (secondary N) is 1. The second-order valence-electron chi connectivity index (χ2n) is 3.13. The summed E-state index contributed by atoms with van der Waals surface area (Å²) in [4.78, 5) is 0. The van der Waals surface area contributed by atoms with Crippen molar-refractivity contribution in [2.24, 2.45) is 5.84 Å². The third-order valence-electron chi connectivity index (χ3n) is 2.05. The molecule has 84 valence electrons. The third kappa shape index (κ3) is 2.84. The van der Waals surface area contributed by atoms with E-state index < -0.39 is 11.7 Å². The zero-order chi connectivity index (χ0) is 11.6. The van der Waals surface area contributed by atoms with Gasteiger partial charge in [0, 0.05) is 6.04 Å². The molecule has 0 aromatic heterocycles. The molecule has 6 heteroatoms. The van der Waals surface area contributed by atoms with E-state index >= 15 is 0 Å². The van der Waals surface area contributed by atoms with Gasteiger partial charge in [-0.1, -0.05) is 17.7 Å². The Hall–Kier alpha value is -0.780. The number of rotatable bonds is 2. The van der Waals surface area contributed by atoms with Gasteiger partial charge < -0.3 is 0 Å². The number of halogens is 4. The minimum absolute atomic E-state index is 0.246. The fourth-order valence-electron chi connectivity index (χ4n) is 1.13. The summed E-state index contributed by atoms with van der Waals surface area (Å²) in [6.45, 7) is 1.72. The zero-order valence-corrected chi connectivity index (χ0v) is 8.65. The van der Waals surface area contributed by atoms with Gasteiger partial charge in [-0.25, -0.2) is 0 Å². The summed E-state index contributed by atoms with van der Waals surface area (Å²) in [5.41, 5.74) is 2.20. The van der Waals surface area contributed by atoms with Crippen LogP contribution in [0.15, 0.2) is 18.2 Å². The second-order valence-corrected chi connectivity index (χ2v) is 3.53. The van der Waals surface area contributed by atoms with Gasteiger partial charge in [-0.05, 0) is 24.6 Å². The molecule has 0 amide bonds. The van der Waals surface area contributed by atoms with Crippen molar-refractivity contribution >= 4 is 11.6 Å². The van der Waals surface area contributed by atoms with Gasteiger partial charge in [0.1, 0.15) is 0 Å². The maximum Gasteiger partial charge on any atom is 0.417 e. The quantitative estimate of drug-likeness (QED) is 0.614. The van der Waals surface area contributed by atoms with Gasteiger partial charge in [-0.3, -0.25) is 11.3 Å². The van der Waals surface area contributed by atoms with Gasteiger partial charge in [-0.2, -0.15) is 13.2 Å². The van der Waals surface area contributed by atoms with E-state index in [2.05, 4.69) is 5.43 Å². The number of nitrogens with two attached hydrogens (primary N) is 1. The first-order valence-corrected chi connectivity index (χ1v) is 4.57. The first-order chi connectivity index (χ1) is 6.86. The Labute approximate surface area is 90.2 Å². The Kier molecular flexibility index (Phi) is 3.59. The molecule has 0 heterocycles. The van der Waals surface area contributed by atoms with E-state index in [-0.39, 0.29) is 11.1 Å². The summed E-state index contributed by atoms with van der Waals surface area (Å²) >= 11 is 5.53. The van der Waals surface area contributed by atoms with Crippen molar-refractivity contribution in [2.45, 2.75) is 19.1 Å². The lowest BCUT2D eigenvalue weighted by atomic mass is 10.1. The molecule has 1 aromatic carbocycles. The molecule has 0 radical (unpaired) electrons. The molecule has 1 unspecified atom stereocenters. The molecule has 0 saturated heterocycles. The van der Waals surface area contributed by atoms with Crippen molar-refractivity contribution < 1.29 is 13.2 Å². The van der Waals surface area contributed by atoms with Crippen LogP contribution < -0.4 is 11.3 Å². The largest absolute Gasteiger partial charge is 0.417 e. The molecule has 1 rings (SSSR count). The zero-order valence-electron chi connectivity index (χ0n) is 7.90. The average molecular weight is 239 g/mol. The molecule has 1 atom stereocenters. The Bertz CT molecular complexity index is 352. The fraction of sp³-hybridized carbons (Fsp3) is 0.333. The van der Waals surface area contributed by atoms with Crippen molar-refractivity contribution in [1.82, 2.24) is 5.43 Å². The van der Waals surface area contributed by atoms with Crippen molar-refractivity contribution in [3.63, 3.8) is 0 Å². The van der Waals surface area contributed by atoms with Crippen molar-refractivity contribution in [2.75, 3.05) is 0 Å². The average Bonchev–Trinajstić information content (AvgIpc) is 2.14. The number of alkyl halides is 3. The summed E-state index contributed by atoms with van der Waals surface area (Å²) in [7, 11) is 0. The van der Waals surface area contributed by atoms with Crippen LogP contribution >= 0.6 is 11.6 Å². The van der Waals surface area contributed by atoms with Crippen molar-refractivity contribution in [1.29, 1.82) is 0 Å². The topological polar surface area (TPSA) is 38.0 Å². The van der Waals surface area contributed by atoms with Crippen LogP contribution in [0.25, 0.3) is 0 Å². The fourth-order valence-corrected chi connectivity index (χ4v) is 1.42. The minimum atomic E-state index is -4.42. The Morgan fingerprint density at radius 3 is 2.40 bits per heavy atom. The summed E-state index contributed by atoms with van der Waals surface area (Å²) in [6, 6.07) is 3.31. The van der Waals surface area contributed by atoms with Crippen LogP contribution in [-0.4, -0.2) is 0 Å². The minimum Gasteiger partial charge on any atom is -0.271 e. The molecule has 0 saturated carbocycles. The van der Waals surface area contributed by atoms with E-state index in [1.165, 1.54) is 12.1 Å². The van der Waals surface area contributed by atoms with Gasteiger partial charge in [0.05, 0.1) is 10.6 Å². The SMILES string of the molecule is CC(NN)c1ccc(C(F)(F)F)c(Cl)c1. The second kappa shape index (κ2) is 4.38. The Morgan fingerprint density at radius 2 is 2.00 bits per heavy atom. The van der Waals surface area contributed by atoms with Crippen molar-refractivity contribution in [3.8, 4) is 0 Å². The van der Waals surface area contributed by atoms with Gasteiger partial charge in [0.2, 0.25) is 0 Å². The molecule has 1 aromatic rings. The molecular formula is C9H10ClF3N2. The van der Waals surface area contributed by atoms with Gasteiger partial charge in [-0.15, -0.1) is 0 Å². The number of hydrogen-bond acceptors (Lipinski definition) is 2. The van der Waals surface area contributed by atoms with E-state index in [1.807, 2.05) is 0 Å². The van der Waals surface area contributed by atoms with Crippen LogP contribution in [0, 0.1) is 0 Å². The lowest BCUT2D eigenvalue weighted by Gasteiger charge is -2.13. The Balaban J connectivity index is 3.09. The van der Waals surface area contributed by atoms with Crippen LogP contribution in [0.5, 0.6) is 0 Å². The molecular weight excluding hydrogens is 229 g/mol. The first kappa shape index (κ1) is 12.3. The maximum atomic E-state index is 12.3. The standard InChI is InChI=1S/C9H10ClF3N2/c1-5(15-14)6-2-3-7(8(10)4-6)9(11,12)13/h2-5,15H,14H2,1H3. The molecule has 0 spiro atoms. The monoisotopic (exact) mass is 238 g/mol. The molecule has 2 nitrogen and oxygen atoms in total. The molecule has 0 aliphatic carbocycles. The lowest BCUT2D eigenvalue weighted by molar-refractivity contribution is -0.137. The van der Waals surface area contributed by atoms with E-state index in [0.29, 0.717) is 5.56 Å². The van der Waals surface area contributed by atoms with Gasteiger partial charge >= 0.3 is 6.18 Å². The van der Waals surface area contributed by atoms with E-state index in [4.69, 9.17) is 17.4 Å². The molecule has 0 fully saturated rings. The molecule has 0 aliphatic heterocycles. The normalized spacial score (nSPS) is 14.0. The molecule has 3 N–H and O–H groups in total. The molecule has 0 aliphatic rings. The Morgan fingerprint density at radius 1 is 1.40 bits per heavy atom. The predicted octanol–water partition coefficient (Wildman–Crippen LogP) is 2.88. The van der Waals surface area contributed by atoms with Gasteiger partial charge in [0.25, 0.3) is 0 Å². The van der Waals surface area contributed by atoms with E-state index in [0.717, 1.165) is 6.07 Å². The van der Waals surface area contributed by atoms with Gasteiger partial charge in [0.15, 0.2) is 0 Å². The number of benzene rings is 1. The van der Waals surface area contributed by atoms with Crippen LogP contribution in [0.3, 0.4) is 0 Å². The highest BCUT2D eigenvalue weighted by Crippen LogP contribution is 2.35. The molecule has 15 heavy (non-hydrogen) atoms. The number of hydrazine groups is 1. The third-order valence-corrected chi connectivity index (χ3v) is 2.36. The van der Waals surface area contributed by atoms with E-state index in [1.54, 1.807) is 6.92 Å². The highest BCUT2D eigenvalue weighted by Gasteiger charge is 2.33. The lowest BCUT2D eigenvalue weighted by Crippen LogP contribution is -2.25. The van der Waals surface area contributed by atoms with E-state index in [9.17, 15) is 13.2 Å². The summed E-state index contributed by atoms with van der Waals surface area (Å²) in [5.74, 6) is 5.16. The highest BCUT2D eigenvalue weighted by atomic mass is 35.5. The maximum absolute atomic E-state index is 12.3. The summed E-state index contributed by atoms with van der Waals surface area (Å²) in [6.07, 6.45) is -4.42. The molecule has 0 bridgehead atoms. The summed E-state index contributed by atoms with van der Waals surface area (Å²) < 4.78 is 37.0. The smallest absolute Gasteiger partial charge is 0.271 e. The summed E-state index contributed by atoms with van der Waals surface area (Å²) in [5, 5.41) is -0.317. The van der Waals surface area contributed by atoms with Crippen LogP contribution in [0.1, 0.15) is 24.1 Å². The van der Waals surface area contributed by atoms with Crippen LogP contribution in [-0.2, 0) is 6.18 Å². The first-order valence-electron chi connectivity index (χ1n) is 4.19. The number of hydrogen-bond donors (Lipinski definition) is 2.